The van der Waals surface area contributed by atoms with Crippen molar-refractivity contribution in [3.8, 4) is 23.0 Å². The Kier molecular flexibility index (Phi) is 11.4. The lowest BCUT2D eigenvalue weighted by atomic mass is 9.92. The molecule has 6 aromatic rings. The molecule has 54 heavy (non-hydrogen) atoms. The van der Waals surface area contributed by atoms with Gasteiger partial charge in [0, 0.05) is 31.7 Å². The molecule has 0 radical (unpaired) electrons. The van der Waals surface area contributed by atoms with Gasteiger partial charge < -0.3 is 28.4 Å². The van der Waals surface area contributed by atoms with E-state index in [4.69, 9.17) is 28.4 Å². The standard InChI is InChI=1S/C46H44N2O6/c1-3-13-47-41(11-1)31-53-45-37-7-5-9-39(45)30-40-10-6-8-38(46(40)54-32-42-12-2-4-14-48-42)25-36-23-34-21-33-22-35(24-37)28-43(26-33)51-19-17-49-15-16-50-18-20-52-44(27-34)29-36/h1-14,22-23,26-29H,15-21,24-25,30-32H2. The lowest BCUT2D eigenvalue weighted by Crippen LogP contribution is -2.13. The summed E-state index contributed by atoms with van der Waals surface area (Å²) in [6, 6.07) is 37.8. The Bertz CT molecular complexity index is 2000. The molecule has 0 saturated heterocycles. The molecule has 8 heteroatoms. The summed E-state index contributed by atoms with van der Waals surface area (Å²) in [6.07, 6.45) is 6.22. The van der Waals surface area contributed by atoms with Crippen LogP contribution in [0.5, 0.6) is 23.0 Å². The van der Waals surface area contributed by atoms with Crippen molar-refractivity contribution in [2.45, 2.75) is 38.9 Å². The molecule has 0 N–H and O–H groups in total. The normalized spacial score (nSPS) is 14.6. The largest absolute Gasteiger partial charge is 0.491 e. The summed E-state index contributed by atoms with van der Waals surface area (Å²) < 4.78 is 37.7. The van der Waals surface area contributed by atoms with E-state index in [0.29, 0.717) is 78.5 Å². The Balaban J connectivity index is 1.25. The van der Waals surface area contributed by atoms with E-state index >= 15 is 0 Å². The third-order valence-corrected chi connectivity index (χ3v) is 9.53. The molecule has 2 aliphatic rings. The first-order chi connectivity index (χ1) is 26.7. The van der Waals surface area contributed by atoms with Crippen LogP contribution in [0.25, 0.3) is 0 Å². The number of aromatic nitrogens is 2. The first kappa shape index (κ1) is 35.3. The molecular formula is C46H44N2O6. The first-order valence-electron chi connectivity index (χ1n) is 18.7. The summed E-state index contributed by atoms with van der Waals surface area (Å²) in [6.45, 7) is 3.55. The molecule has 8 nitrogen and oxygen atoms in total. The summed E-state index contributed by atoms with van der Waals surface area (Å²) in [5.41, 5.74) is 10.6. The van der Waals surface area contributed by atoms with Crippen LogP contribution in [0, 0.1) is 0 Å². The topological polar surface area (TPSA) is 81.2 Å². The molecule has 0 unspecified atom stereocenters. The molecule has 0 amide bonds. The Labute approximate surface area is 316 Å². The van der Waals surface area contributed by atoms with Crippen molar-refractivity contribution in [2.75, 3.05) is 39.6 Å². The zero-order chi connectivity index (χ0) is 36.4. The fourth-order valence-corrected chi connectivity index (χ4v) is 7.13. The molecule has 0 fully saturated rings. The van der Waals surface area contributed by atoms with Gasteiger partial charge in [-0.15, -0.1) is 0 Å². The molecule has 0 spiro atoms. The number of para-hydroxylation sites is 2. The highest BCUT2D eigenvalue weighted by Crippen LogP contribution is 2.36. The fourth-order valence-electron chi connectivity index (χ4n) is 7.13. The van der Waals surface area contributed by atoms with E-state index in [1.165, 1.54) is 0 Å². The minimum atomic E-state index is 0.354. The Morgan fingerprint density at radius 2 is 0.852 bits per heavy atom. The third kappa shape index (κ3) is 9.26. The van der Waals surface area contributed by atoms with Crippen molar-refractivity contribution in [3.63, 3.8) is 0 Å². The van der Waals surface area contributed by atoms with Gasteiger partial charge in [-0.2, -0.15) is 0 Å². The predicted molar refractivity (Wildman–Crippen MR) is 207 cm³/mol. The Morgan fingerprint density at radius 3 is 1.30 bits per heavy atom. The molecular weight excluding hydrogens is 677 g/mol. The van der Waals surface area contributed by atoms with E-state index in [2.05, 4.69) is 82.8 Å². The minimum absolute atomic E-state index is 0.354. The van der Waals surface area contributed by atoms with Crippen LogP contribution in [0.1, 0.15) is 55.9 Å². The molecule has 4 aromatic carbocycles. The van der Waals surface area contributed by atoms with Crippen LogP contribution < -0.4 is 18.9 Å². The summed E-state index contributed by atoms with van der Waals surface area (Å²) in [4.78, 5) is 9.10. The molecule has 1 aliphatic heterocycles. The fraction of sp³-hybridized carbons (Fsp3) is 0.261. The van der Waals surface area contributed by atoms with Gasteiger partial charge in [-0.1, -0.05) is 60.7 Å². The molecule has 274 valence electrons. The van der Waals surface area contributed by atoms with Crippen molar-refractivity contribution >= 4 is 0 Å². The predicted octanol–water partition coefficient (Wildman–Crippen LogP) is 8.12. The second kappa shape index (κ2) is 17.4. The number of benzene rings is 4. The molecule has 1 aliphatic carbocycles. The minimum Gasteiger partial charge on any atom is -0.491 e. The van der Waals surface area contributed by atoms with Gasteiger partial charge in [-0.3, -0.25) is 9.97 Å². The smallest absolute Gasteiger partial charge is 0.130 e. The van der Waals surface area contributed by atoms with Crippen molar-refractivity contribution in [1.82, 2.24) is 9.97 Å². The molecule has 0 atom stereocenters. The molecule has 3 heterocycles. The van der Waals surface area contributed by atoms with Gasteiger partial charge >= 0.3 is 0 Å². The lowest BCUT2D eigenvalue weighted by Gasteiger charge is -2.20. The summed E-state index contributed by atoms with van der Waals surface area (Å²) in [7, 11) is 0. The Morgan fingerprint density at radius 1 is 0.426 bits per heavy atom. The van der Waals surface area contributed by atoms with Crippen molar-refractivity contribution in [2.24, 2.45) is 0 Å². The van der Waals surface area contributed by atoms with Gasteiger partial charge in [0.1, 0.15) is 49.4 Å². The maximum atomic E-state index is 6.74. The van der Waals surface area contributed by atoms with E-state index in [-0.39, 0.29) is 0 Å². The SMILES string of the molecule is c1ccc(COc2c3cccc2Cc2cccc(c2OCc2ccccn2)Cc2cc4cc(c2)OCCOCCOCCOc2cc(cc(c2)C3)C4)nc1. The monoisotopic (exact) mass is 720 g/mol. The van der Waals surface area contributed by atoms with Crippen LogP contribution in [0.15, 0.2) is 122 Å². The number of hydrogen-bond acceptors (Lipinski definition) is 8. The first-order valence-corrected chi connectivity index (χ1v) is 18.7. The van der Waals surface area contributed by atoms with E-state index in [9.17, 15) is 0 Å². The molecule has 2 aromatic heterocycles. The van der Waals surface area contributed by atoms with E-state index in [0.717, 1.165) is 78.9 Å². The van der Waals surface area contributed by atoms with E-state index in [1.807, 2.05) is 36.4 Å². The number of fused-ring (bicyclic) bond motifs is 8. The van der Waals surface area contributed by atoms with Gasteiger partial charge in [0.2, 0.25) is 0 Å². The van der Waals surface area contributed by atoms with Gasteiger partial charge in [0.25, 0.3) is 0 Å². The third-order valence-electron chi connectivity index (χ3n) is 9.53. The number of ether oxygens (including phenoxy) is 6. The highest BCUT2D eigenvalue weighted by molar-refractivity contribution is 5.53. The zero-order valence-corrected chi connectivity index (χ0v) is 30.4. The zero-order valence-electron chi connectivity index (χ0n) is 30.4. The van der Waals surface area contributed by atoms with Crippen molar-refractivity contribution < 1.29 is 28.4 Å². The summed E-state index contributed by atoms with van der Waals surface area (Å²) in [5.74, 6) is 3.35. The van der Waals surface area contributed by atoms with E-state index in [1.54, 1.807) is 12.4 Å². The van der Waals surface area contributed by atoms with Crippen LogP contribution in [0.3, 0.4) is 0 Å². The molecule has 0 saturated carbocycles. The van der Waals surface area contributed by atoms with Crippen molar-refractivity contribution in [3.05, 3.63) is 177 Å². The number of hydrogen-bond donors (Lipinski definition) is 0. The average molecular weight is 721 g/mol. The van der Waals surface area contributed by atoms with Crippen molar-refractivity contribution in [1.29, 1.82) is 0 Å². The molecule has 10 bridgehead atoms. The second-order valence-electron chi connectivity index (χ2n) is 13.6. The van der Waals surface area contributed by atoms with Gasteiger partial charge in [-0.05, 0) is 99.5 Å². The van der Waals surface area contributed by atoms with Crippen LogP contribution >= 0.6 is 0 Å². The quantitative estimate of drug-likeness (QED) is 0.171. The Hall–Kier alpha value is -5.70. The highest BCUT2D eigenvalue weighted by Gasteiger charge is 2.19. The number of pyridine rings is 2. The van der Waals surface area contributed by atoms with Gasteiger partial charge in [0.05, 0.1) is 37.8 Å². The average Bonchev–Trinajstić information content (AvgIpc) is 3.18. The summed E-state index contributed by atoms with van der Waals surface area (Å²) in [5, 5.41) is 0. The van der Waals surface area contributed by atoms with Crippen LogP contribution in [-0.2, 0) is 48.4 Å². The van der Waals surface area contributed by atoms with Gasteiger partial charge in [-0.25, -0.2) is 0 Å². The van der Waals surface area contributed by atoms with Gasteiger partial charge in [0.15, 0.2) is 0 Å². The molecule has 8 rings (SSSR count). The van der Waals surface area contributed by atoms with Crippen LogP contribution in [0.4, 0.5) is 0 Å². The van der Waals surface area contributed by atoms with Crippen LogP contribution in [0.2, 0.25) is 0 Å². The highest BCUT2D eigenvalue weighted by atomic mass is 16.6. The van der Waals surface area contributed by atoms with Crippen LogP contribution in [-0.4, -0.2) is 49.6 Å². The lowest BCUT2D eigenvalue weighted by molar-refractivity contribution is 0.0273. The number of rotatable bonds is 6. The second-order valence-corrected chi connectivity index (χ2v) is 13.6. The number of nitrogens with zero attached hydrogens (tertiary/aromatic N) is 2. The van der Waals surface area contributed by atoms with E-state index < -0.39 is 0 Å². The summed E-state index contributed by atoms with van der Waals surface area (Å²) >= 11 is 0. The maximum absolute atomic E-state index is 6.74. The maximum Gasteiger partial charge on any atom is 0.130 e.